The molecule has 1 aliphatic heterocycles. The van der Waals surface area contributed by atoms with Crippen molar-refractivity contribution in [2.24, 2.45) is 10.9 Å². The van der Waals surface area contributed by atoms with Crippen LogP contribution in [-0.2, 0) is 0 Å². The Hall–Kier alpha value is -1.01. The maximum Gasteiger partial charge on any atom is 0.124 e. The van der Waals surface area contributed by atoms with E-state index in [9.17, 15) is 0 Å². The van der Waals surface area contributed by atoms with Crippen molar-refractivity contribution in [1.29, 1.82) is 5.26 Å². The summed E-state index contributed by atoms with van der Waals surface area (Å²) in [6.45, 7) is 3.78. The van der Waals surface area contributed by atoms with Crippen LogP contribution in [0.4, 0.5) is 0 Å². The molecule has 1 heterocycles. The zero-order valence-corrected chi connectivity index (χ0v) is 7.27. The molecule has 11 heavy (non-hydrogen) atoms. The molecule has 1 rings (SSSR count). The van der Waals surface area contributed by atoms with Gasteiger partial charge >= 0.3 is 0 Å². The smallest absolute Gasteiger partial charge is 0.124 e. The first-order valence-corrected chi connectivity index (χ1v) is 3.73. The Labute approximate surface area is 71.2 Å². The number of thiocarbonyl (C=S) groups is 1. The number of allylic oxidation sites excluding steroid dienone is 1. The van der Waals surface area contributed by atoms with Gasteiger partial charge in [-0.3, -0.25) is 0 Å². The summed E-state index contributed by atoms with van der Waals surface area (Å²) >= 11 is 4.93. The summed E-state index contributed by atoms with van der Waals surface area (Å²) in [5.74, 6) is -0.284. The standard InChI is InChI=1S/C8H8N2S/c1-5-3-6(2)10-8(11)7(5)4-9/h3,7H,1-2H3. The van der Waals surface area contributed by atoms with Crippen molar-refractivity contribution in [2.75, 3.05) is 0 Å². The SMILES string of the molecule is CC1=CC(C)=NC(=S)C1C#N. The van der Waals surface area contributed by atoms with Gasteiger partial charge in [0.05, 0.1) is 6.07 Å². The molecule has 0 saturated heterocycles. The van der Waals surface area contributed by atoms with Gasteiger partial charge in [-0.15, -0.1) is 0 Å². The number of hydrogen-bond donors (Lipinski definition) is 0. The normalized spacial score (nSPS) is 23.7. The number of dihydropyridines is 1. The topological polar surface area (TPSA) is 36.1 Å². The summed E-state index contributed by atoms with van der Waals surface area (Å²) in [7, 11) is 0. The van der Waals surface area contributed by atoms with Crippen molar-refractivity contribution in [3.05, 3.63) is 11.6 Å². The summed E-state index contributed by atoms with van der Waals surface area (Å²) in [6.07, 6.45) is 1.89. The monoisotopic (exact) mass is 164 g/mol. The van der Waals surface area contributed by atoms with E-state index in [0.29, 0.717) is 4.99 Å². The van der Waals surface area contributed by atoms with Gasteiger partial charge in [0.2, 0.25) is 0 Å². The first kappa shape index (κ1) is 8.09. The van der Waals surface area contributed by atoms with E-state index < -0.39 is 0 Å². The van der Waals surface area contributed by atoms with Crippen LogP contribution in [0.2, 0.25) is 0 Å². The summed E-state index contributed by atoms with van der Waals surface area (Å²) in [4.78, 5) is 4.53. The van der Waals surface area contributed by atoms with Gasteiger partial charge in [0.25, 0.3) is 0 Å². The molecule has 1 aliphatic rings. The average Bonchev–Trinajstić information content (AvgIpc) is 1.85. The minimum Gasteiger partial charge on any atom is -0.245 e. The zero-order valence-electron chi connectivity index (χ0n) is 6.46. The number of rotatable bonds is 0. The van der Waals surface area contributed by atoms with E-state index in [1.807, 2.05) is 19.9 Å². The van der Waals surface area contributed by atoms with Crippen LogP contribution in [0.3, 0.4) is 0 Å². The molecule has 3 heteroatoms. The maximum absolute atomic E-state index is 8.67. The zero-order chi connectivity index (χ0) is 8.43. The molecule has 1 atom stereocenters. The maximum atomic E-state index is 8.67. The average molecular weight is 164 g/mol. The van der Waals surface area contributed by atoms with Crippen LogP contribution >= 0.6 is 12.2 Å². The third-order valence-electron chi connectivity index (χ3n) is 1.55. The molecule has 0 aromatic heterocycles. The van der Waals surface area contributed by atoms with Crippen molar-refractivity contribution in [1.82, 2.24) is 0 Å². The molecule has 0 bridgehead atoms. The Kier molecular flexibility index (Phi) is 2.16. The lowest BCUT2D eigenvalue weighted by Crippen LogP contribution is -2.15. The van der Waals surface area contributed by atoms with E-state index in [2.05, 4.69) is 11.1 Å². The van der Waals surface area contributed by atoms with E-state index in [4.69, 9.17) is 17.5 Å². The lowest BCUT2D eigenvalue weighted by molar-refractivity contribution is 1.03. The van der Waals surface area contributed by atoms with E-state index in [-0.39, 0.29) is 5.92 Å². The predicted molar refractivity (Wildman–Crippen MR) is 48.6 cm³/mol. The molecule has 0 saturated carbocycles. The highest BCUT2D eigenvalue weighted by Gasteiger charge is 2.18. The molecular weight excluding hydrogens is 156 g/mol. The number of nitrogens with zero attached hydrogens (tertiary/aromatic N) is 2. The van der Waals surface area contributed by atoms with Gasteiger partial charge in [-0.2, -0.15) is 5.26 Å². The molecule has 0 spiro atoms. The van der Waals surface area contributed by atoms with Crippen LogP contribution in [0.1, 0.15) is 13.8 Å². The fourth-order valence-electron chi connectivity index (χ4n) is 1.04. The summed E-state index contributed by atoms with van der Waals surface area (Å²) in [5.41, 5.74) is 1.88. The molecule has 2 nitrogen and oxygen atoms in total. The van der Waals surface area contributed by atoms with Crippen molar-refractivity contribution >= 4 is 22.9 Å². The third kappa shape index (κ3) is 1.52. The van der Waals surface area contributed by atoms with Crippen LogP contribution in [-0.4, -0.2) is 10.7 Å². The lowest BCUT2D eigenvalue weighted by atomic mass is 9.98. The first-order chi connectivity index (χ1) is 5.15. The van der Waals surface area contributed by atoms with Crippen LogP contribution < -0.4 is 0 Å². The Balaban J connectivity index is 3.03. The first-order valence-electron chi connectivity index (χ1n) is 3.32. The highest BCUT2D eigenvalue weighted by atomic mass is 32.1. The molecule has 0 aromatic carbocycles. The van der Waals surface area contributed by atoms with Gasteiger partial charge in [0, 0.05) is 5.71 Å². The quantitative estimate of drug-likeness (QED) is 0.512. The van der Waals surface area contributed by atoms with E-state index in [0.717, 1.165) is 11.3 Å². The molecule has 0 radical (unpaired) electrons. The fraction of sp³-hybridized carbons (Fsp3) is 0.375. The Bertz CT molecular complexity index is 294. The van der Waals surface area contributed by atoms with Gasteiger partial charge in [-0.25, -0.2) is 4.99 Å². The van der Waals surface area contributed by atoms with Gasteiger partial charge in [-0.1, -0.05) is 12.2 Å². The molecule has 0 amide bonds. The van der Waals surface area contributed by atoms with E-state index in [1.54, 1.807) is 0 Å². The third-order valence-corrected chi connectivity index (χ3v) is 1.88. The molecule has 0 aromatic rings. The van der Waals surface area contributed by atoms with Crippen molar-refractivity contribution in [2.45, 2.75) is 13.8 Å². The Morgan fingerprint density at radius 1 is 1.64 bits per heavy atom. The highest BCUT2D eigenvalue weighted by Crippen LogP contribution is 2.17. The van der Waals surface area contributed by atoms with Gasteiger partial charge < -0.3 is 0 Å². The van der Waals surface area contributed by atoms with Gasteiger partial charge in [0.15, 0.2) is 0 Å². The van der Waals surface area contributed by atoms with E-state index >= 15 is 0 Å². The molecule has 1 unspecified atom stereocenters. The van der Waals surface area contributed by atoms with Gasteiger partial charge in [-0.05, 0) is 25.5 Å². The van der Waals surface area contributed by atoms with Crippen LogP contribution in [0.15, 0.2) is 16.6 Å². The summed E-state index contributed by atoms with van der Waals surface area (Å²) < 4.78 is 0. The molecule has 0 fully saturated rings. The van der Waals surface area contributed by atoms with Crippen LogP contribution in [0.5, 0.6) is 0 Å². The summed E-state index contributed by atoms with van der Waals surface area (Å²) in [5, 5.41) is 8.67. The van der Waals surface area contributed by atoms with Crippen LogP contribution in [0.25, 0.3) is 0 Å². The lowest BCUT2D eigenvalue weighted by Gasteiger charge is -2.12. The highest BCUT2D eigenvalue weighted by molar-refractivity contribution is 7.80. The molecule has 0 N–H and O–H groups in total. The second-order valence-electron chi connectivity index (χ2n) is 2.54. The largest absolute Gasteiger partial charge is 0.245 e. The molecule has 0 aliphatic carbocycles. The minimum atomic E-state index is -0.284. The van der Waals surface area contributed by atoms with E-state index in [1.165, 1.54) is 0 Å². The number of nitriles is 1. The fourth-order valence-corrected chi connectivity index (χ4v) is 1.42. The Morgan fingerprint density at radius 2 is 2.27 bits per heavy atom. The van der Waals surface area contributed by atoms with Crippen LogP contribution in [0, 0.1) is 17.2 Å². The predicted octanol–water partition coefficient (Wildman–Crippen LogP) is 1.87. The summed E-state index contributed by atoms with van der Waals surface area (Å²) in [6, 6.07) is 2.11. The second-order valence-corrected chi connectivity index (χ2v) is 2.96. The number of aliphatic imine (C=N–C) groups is 1. The minimum absolute atomic E-state index is 0.284. The van der Waals surface area contributed by atoms with Crippen molar-refractivity contribution in [3.8, 4) is 6.07 Å². The molecular formula is C8H8N2S. The molecule has 56 valence electrons. The second kappa shape index (κ2) is 2.93. The van der Waals surface area contributed by atoms with Crippen molar-refractivity contribution in [3.63, 3.8) is 0 Å². The number of hydrogen-bond acceptors (Lipinski definition) is 2. The van der Waals surface area contributed by atoms with Crippen molar-refractivity contribution < 1.29 is 0 Å². The Morgan fingerprint density at radius 3 is 2.73 bits per heavy atom. The van der Waals surface area contributed by atoms with Gasteiger partial charge in [0.1, 0.15) is 10.9 Å².